The Bertz CT molecular complexity index is 377. The predicted octanol–water partition coefficient (Wildman–Crippen LogP) is 1.03. The maximum atomic E-state index is 11.3. The van der Waals surface area contributed by atoms with Crippen LogP contribution >= 0.6 is 0 Å². The first-order valence-corrected chi connectivity index (χ1v) is 5.56. The molecule has 0 aliphatic rings. The van der Waals surface area contributed by atoms with E-state index in [1.165, 1.54) is 6.92 Å². The lowest BCUT2D eigenvalue weighted by atomic mass is 10.3. The van der Waals surface area contributed by atoms with Gasteiger partial charge in [0, 0.05) is 11.5 Å². The highest BCUT2D eigenvalue weighted by molar-refractivity contribution is 5.81. The number of carbonyl (C=O) groups is 3. The second-order valence-electron chi connectivity index (χ2n) is 3.50. The van der Waals surface area contributed by atoms with Crippen molar-refractivity contribution in [3.63, 3.8) is 0 Å². The van der Waals surface area contributed by atoms with E-state index < -0.39 is 24.0 Å². The van der Waals surface area contributed by atoms with Crippen molar-refractivity contribution in [1.29, 1.82) is 0 Å². The van der Waals surface area contributed by atoms with Crippen LogP contribution < -0.4 is 0 Å². The third kappa shape index (κ3) is 9.42. The molecule has 0 spiro atoms. The van der Waals surface area contributed by atoms with E-state index in [1.54, 1.807) is 0 Å². The van der Waals surface area contributed by atoms with Crippen molar-refractivity contribution in [2.45, 2.75) is 32.3 Å². The van der Waals surface area contributed by atoms with Gasteiger partial charge in [0.05, 0.1) is 19.4 Å². The molecule has 0 aliphatic carbocycles. The van der Waals surface area contributed by atoms with Crippen molar-refractivity contribution in [2.75, 3.05) is 13.2 Å². The summed E-state index contributed by atoms with van der Waals surface area (Å²) in [6.45, 7) is 1.58. The van der Waals surface area contributed by atoms with Gasteiger partial charge >= 0.3 is 17.9 Å². The summed E-state index contributed by atoms with van der Waals surface area (Å²) in [5.41, 5.74) is 8.00. The highest BCUT2D eigenvalue weighted by Gasteiger charge is 2.19. The number of ether oxygens (including phenoxy) is 2. The van der Waals surface area contributed by atoms with Crippen molar-refractivity contribution >= 4 is 17.9 Å². The molecule has 0 radical (unpaired) electrons. The van der Waals surface area contributed by atoms with Gasteiger partial charge in [-0.3, -0.25) is 9.59 Å². The molecule has 0 rings (SSSR count). The van der Waals surface area contributed by atoms with Gasteiger partial charge in [-0.25, -0.2) is 4.79 Å². The Morgan fingerprint density at radius 2 is 2.05 bits per heavy atom. The zero-order valence-corrected chi connectivity index (χ0v) is 10.4. The van der Waals surface area contributed by atoms with E-state index in [-0.39, 0.29) is 26.0 Å². The molecule has 9 nitrogen and oxygen atoms in total. The van der Waals surface area contributed by atoms with Crippen molar-refractivity contribution in [1.82, 2.24) is 0 Å². The van der Waals surface area contributed by atoms with Crippen LogP contribution in [-0.2, 0) is 23.9 Å². The first-order valence-electron chi connectivity index (χ1n) is 5.56. The van der Waals surface area contributed by atoms with Crippen LogP contribution in [-0.4, -0.2) is 42.3 Å². The Morgan fingerprint density at radius 1 is 1.37 bits per heavy atom. The third-order valence-electron chi connectivity index (χ3n) is 1.89. The van der Waals surface area contributed by atoms with Gasteiger partial charge in [-0.2, -0.15) is 0 Å². The molecule has 1 atom stereocenters. The lowest BCUT2D eigenvalue weighted by Gasteiger charge is -2.12. The highest BCUT2D eigenvalue weighted by atomic mass is 16.6. The fourth-order valence-electron chi connectivity index (χ4n) is 0.983. The zero-order valence-electron chi connectivity index (χ0n) is 10.4. The predicted molar refractivity (Wildman–Crippen MR) is 62.0 cm³/mol. The van der Waals surface area contributed by atoms with Crippen LogP contribution in [0.5, 0.6) is 0 Å². The fraction of sp³-hybridized carbons (Fsp3) is 0.700. The summed E-state index contributed by atoms with van der Waals surface area (Å²) < 4.78 is 9.44. The van der Waals surface area contributed by atoms with E-state index in [1.807, 2.05) is 0 Å². The minimum atomic E-state index is -1.12. The number of carboxylic acids is 1. The molecule has 0 amide bonds. The molecule has 0 bridgehead atoms. The molecule has 19 heavy (non-hydrogen) atoms. The minimum Gasteiger partial charge on any atom is -0.481 e. The third-order valence-corrected chi connectivity index (χ3v) is 1.89. The molecule has 9 heteroatoms. The molecular weight excluding hydrogens is 258 g/mol. The molecule has 0 aliphatic heterocycles. The molecule has 0 saturated carbocycles. The van der Waals surface area contributed by atoms with Crippen LogP contribution in [0.1, 0.15) is 26.2 Å². The van der Waals surface area contributed by atoms with E-state index in [9.17, 15) is 14.4 Å². The van der Waals surface area contributed by atoms with Crippen molar-refractivity contribution < 1.29 is 29.0 Å². The number of hydrogen-bond acceptors (Lipinski definition) is 6. The van der Waals surface area contributed by atoms with Crippen LogP contribution in [0.3, 0.4) is 0 Å². The van der Waals surface area contributed by atoms with Gasteiger partial charge in [0.2, 0.25) is 0 Å². The maximum absolute atomic E-state index is 11.3. The summed E-state index contributed by atoms with van der Waals surface area (Å²) in [5.74, 6) is -2.63. The molecule has 106 valence electrons. The van der Waals surface area contributed by atoms with Crippen LogP contribution in [0.4, 0.5) is 0 Å². The van der Waals surface area contributed by atoms with Gasteiger partial charge in [-0.15, -0.1) is 0 Å². The Labute approximate surface area is 109 Å². The second kappa shape index (κ2) is 9.72. The minimum absolute atomic E-state index is 0.0505. The monoisotopic (exact) mass is 273 g/mol. The summed E-state index contributed by atoms with van der Waals surface area (Å²) in [7, 11) is 0. The normalized spacial score (nSPS) is 11.0. The first kappa shape index (κ1) is 16.7. The Balaban J connectivity index is 3.83. The van der Waals surface area contributed by atoms with Gasteiger partial charge in [0.15, 0.2) is 6.10 Å². The SMILES string of the molecule is CC(OC(=O)CCC(=O)O)C(=O)OCCCN=[N+]=[N-]. The van der Waals surface area contributed by atoms with Crippen LogP contribution in [0.25, 0.3) is 10.4 Å². The molecule has 0 aromatic heterocycles. The number of aliphatic carboxylic acids is 1. The topological polar surface area (TPSA) is 139 Å². The Kier molecular flexibility index (Phi) is 8.55. The quantitative estimate of drug-likeness (QED) is 0.219. The molecule has 0 aromatic rings. The van der Waals surface area contributed by atoms with Crippen LogP contribution in [0.2, 0.25) is 0 Å². The van der Waals surface area contributed by atoms with Gasteiger partial charge in [0.1, 0.15) is 0 Å². The number of carbonyl (C=O) groups excluding carboxylic acids is 2. The lowest BCUT2D eigenvalue weighted by Crippen LogP contribution is -2.26. The van der Waals surface area contributed by atoms with E-state index >= 15 is 0 Å². The number of esters is 2. The Morgan fingerprint density at radius 3 is 2.63 bits per heavy atom. The molecule has 1 unspecified atom stereocenters. The smallest absolute Gasteiger partial charge is 0.347 e. The zero-order chi connectivity index (χ0) is 14.7. The molecule has 0 saturated heterocycles. The summed E-state index contributed by atoms with van der Waals surface area (Å²) in [4.78, 5) is 35.2. The van der Waals surface area contributed by atoms with Crippen LogP contribution in [0, 0.1) is 0 Å². The Hall–Kier alpha value is -2.28. The number of nitrogens with zero attached hydrogens (tertiary/aromatic N) is 3. The number of carboxylic acid groups (broad SMARTS) is 1. The lowest BCUT2D eigenvalue weighted by molar-refractivity contribution is -0.167. The van der Waals surface area contributed by atoms with Crippen molar-refractivity contribution in [3.05, 3.63) is 10.4 Å². The van der Waals surface area contributed by atoms with E-state index in [4.69, 9.17) is 15.4 Å². The van der Waals surface area contributed by atoms with Gasteiger partial charge in [-0.1, -0.05) is 5.11 Å². The highest BCUT2D eigenvalue weighted by Crippen LogP contribution is 2.01. The number of hydrogen-bond donors (Lipinski definition) is 1. The van der Waals surface area contributed by atoms with Gasteiger partial charge in [0.25, 0.3) is 0 Å². The average Bonchev–Trinajstić information content (AvgIpc) is 2.35. The molecule has 0 heterocycles. The number of azide groups is 1. The summed E-state index contributed by atoms with van der Waals surface area (Å²) >= 11 is 0. The van der Waals surface area contributed by atoms with Gasteiger partial charge in [-0.05, 0) is 18.9 Å². The van der Waals surface area contributed by atoms with E-state index in [0.29, 0.717) is 6.42 Å². The first-order chi connectivity index (χ1) is 8.97. The van der Waals surface area contributed by atoms with Crippen LogP contribution in [0.15, 0.2) is 5.11 Å². The standard InChI is InChI=1S/C10H15N3O6/c1-7(19-9(16)4-3-8(14)15)10(17)18-6-2-5-12-13-11/h7H,2-6H2,1H3,(H,14,15). The summed E-state index contributed by atoms with van der Waals surface area (Å²) in [6, 6.07) is 0. The molecule has 0 aromatic carbocycles. The summed E-state index contributed by atoms with van der Waals surface area (Å²) in [6.07, 6.45) is -1.38. The summed E-state index contributed by atoms with van der Waals surface area (Å²) in [5, 5.41) is 11.6. The van der Waals surface area contributed by atoms with Crippen molar-refractivity contribution in [2.24, 2.45) is 5.11 Å². The number of rotatable bonds is 9. The molecule has 0 fully saturated rings. The fourth-order valence-corrected chi connectivity index (χ4v) is 0.983. The largest absolute Gasteiger partial charge is 0.481 e. The van der Waals surface area contributed by atoms with E-state index in [2.05, 4.69) is 14.8 Å². The van der Waals surface area contributed by atoms with E-state index in [0.717, 1.165) is 0 Å². The average molecular weight is 273 g/mol. The van der Waals surface area contributed by atoms with Gasteiger partial charge < -0.3 is 14.6 Å². The maximum Gasteiger partial charge on any atom is 0.347 e. The van der Waals surface area contributed by atoms with Crippen molar-refractivity contribution in [3.8, 4) is 0 Å². The molecule has 1 N–H and O–H groups in total. The second-order valence-corrected chi connectivity index (χ2v) is 3.50. The molecular formula is C10H15N3O6.